The summed E-state index contributed by atoms with van der Waals surface area (Å²) in [5.41, 5.74) is 3.49. The molecule has 5 nitrogen and oxygen atoms in total. The van der Waals surface area contributed by atoms with Crippen LogP contribution in [0, 0.1) is 5.82 Å². The lowest BCUT2D eigenvalue weighted by molar-refractivity contribution is -0.120. The fourth-order valence-corrected chi connectivity index (χ4v) is 4.05. The Balaban J connectivity index is 1.32. The SMILES string of the molecule is O=C(CNC(c1ccccc1)c1ccc(F)cc1)NCc1ccc(C(=O)N2CCCC2)cc1. The number of nitrogens with one attached hydrogen (secondary N) is 2. The molecule has 33 heavy (non-hydrogen) atoms. The zero-order valence-electron chi connectivity index (χ0n) is 18.5. The van der Waals surface area contributed by atoms with Gasteiger partial charge in [0.15, 0.2) is 0 Å². The first kappa shape index (κ1) is 22.7. The Bertz CT molecular complexity index is 1060. The third kappa shape index (κ3) is 6.05. The number of carbonyl (C=O) groups is 2. The fraction of sp³-hybridized carbons (Fsp3) is 0.259. The minimum atomic E-state index is -0.295. The zero-order chi connectivity index (χ0) is 23.0. The molecule has 6 heteroatoms. The summed E-state index contributed by atoms with van der Waals surface area (Å²) in [5.74, 6) is -0.369. The molecule has 170 valence electrons. The van der Waals surface area contributed by atoms with E-state index in [-0.39, 0.29) is 30.2 Å². The van der Waals surface area contributed by atoms with Crippen LogP contribution in [0.2, 0.25) is 0 Å². The largest absolute Gasteiger partial charge is 0.351 e. The monoisotopic (exact) mass is 445 g/mol. The quantitative estimate of drug-likeness (QED) is 0.550. The molecule has 1 unspecified atom stereocenters. The minimum Gasteiger partial charge on any atom is -0.351 e. The predicted molar refractivity (Wildman–Crippen MR) is 126 cm³/mol. The van der Waals surface area contributed by atoms with Gasteiger partial charge in [-0.1, -0.05) is 54.6 Å². The zero-order valence-corrected chi connectivity index (χ0v) is 18.5. The number of halogens is 1. The van der Waals surface area contributed by atoms with Gasteiger partial charge in [-0.25, -0.2) is 4.39 Å². The Hall–Kier alpha value is -3.51. The van der Waals surface area contributed by atoms with E-state index in [2.05, 4.69) is 10.6 Å². The molecule has 2 amide bonds. The molecule has 0 saturated carbocycles. The molecule has 1 heterocycles. The molecule has 0 aliphatic carbocycles. The van der Waals surface area contributed by atoms with Crippen molar-refractivity contribution in [2.24, 2.45) is 0 Å². The van der Waals surface area contributed by atoms with Gasteiger partial charge in [0.1, 0.15) is 5.82 Å². The van der Waals surface area contributed by atoms with Crippen molar-refractivity contribution in [3.8, 4) is 0 Å². The summed E-state index contributed by atoms with van der Waals surface area (Å²) in [4.78, 5) is 26.8. The average molecular weight is 446 g/mol. The highest BCUT2D eigenvalue weighted by Crippen LogP contribution is 2.22. The van der Waals surface area contributed by atoms with Crippen LogP contribution in [0.15, 0.2) is 78.9 Å². The number of carbonyl (C=O) groups excluding carboxylic acids is 2. The van der Waals surface area contributed by atoms with E-state index in [1.807, 2.05) is 59.5 Å². The molecule has 1 saturated heterocycles. The Morgan fingerprint density at radius 1 is 0.848 bits per heavy atom. The van der Waals surface area contributed by atoms with E-state index in [1.165, 1.54) is 12.1 Å². The predicted octanol–water partition coefficient (Wildman–Crippen LogP) is 4.06. The van der Waals surface area contributed by atoms with Gasteiger partial charge in [-0.05, 0) is 53.8 Å². The van der Waals surface area contributed by atoms with Gasteiger partial charge in [-0.15, -0.1) is 0 Å². The van der Waals surface area contributed by atoms with Crippen LogP contribution in [0.3, 0.4) is 0 Å². The van der Waals surface area contributed by atoms with Crippen molar-refractivity contribution >= 4 is 11.8 Å². The van der Waals surface area contributed by atoms with Crippen molar-refractivity contribution in [1.29, 1.82) is 0 Å². The molecule has 3 aromatic carbocycles. The van der Waals surface area contributed by atoms with Gasteiger partial charge in [-0.3, -0.25) is 14.9 Å². The van der Waals surface area contributed by atoms with Gasteiger partial charge in [0.2, 0.25) is 5.91 Å². The first-order valence-electron chi connectivity index (χ1n) is 11.3. The number of benzene rings is 3. The maximum absolute atomic E-state index is 13.4. The lowest BCUT2D eigenvalue weighted by atomic mass is 9.98. The number of rotatable bonds is 8. The van der Waals surface area contributed by atoms with Crippen molar-refractivity contribution in [2.45, 2.75) is 25.4 Å². The van der Waals surface area contributed by atoms with Crippen LogP contribution in [0.5, 0.6) is 0 Å². The van der Waals surface area contributed by atoms with E-state index in [1.54, 1.807) is 12.1 Å². The highest BCUT2D eigenvalue weighted by Gasteiger charge is 2.19. The van der Waals surface area contributed by atoms with E-state index in [0.717, 1.165) is 42.6 Å². The van der Waals surface area contributed by atoms with Gasteiger partial charge in [0, 0.05) is 25.2 Å². The molecule has 0 bridgehead atoms. The van der Waals surface area contributed by atoms with Gasteiger partial charge in [-0.2, -0.15) is 0 Å². The van der Waals surface area contributed by atoms with Gasteiger partial charge in [0.25, 0.3) is 5.91 Å². The summed E-state index contributed by atoms with van der Waals surface area (Å²) in [5, 5.41) is 6.19. The molecule has 3 aromatic rings. The second kappa shape index (κ2) is 10.9. The maximum Gasteiger partial charge on any atom is 0.253 e. The Labute approximate surface area is 193 Å². The van der Waals surface area contributed by atoms with Gasteiger partial charge < -0.3 is 10.2 Å². The van der Waals surface area contributed by atoms with Gasteiger partial charge in [0.05, 0.1) is 12.6 Å². The van der Waals surface area contributed by atoms with Gasteiger partial charge >= 0.3 is 0 Å². The molecular weight excluding hydrogens is 417 g/mol. The third-order valence-corrected chi connectivity index (χ3v) is 5.89. The van der Waals surface area contributed by atoms with Crippen molar-refractivity contribution < 1.29 is 14.0 Å². The van der Waals surface area contributed by atoms with Crippen LogP contribution in [-0.2, 0) is 11.3 Å². The van der Waals surface area contributed by atoms with Crippen molar-refractivity contribution in [1.82, 2.24) is 15.5 Å². The van der Waals surface area contributed by atoms with Crippen LogP contribution >= 0.6 is 0 Å². The van der Waals surface area contributed by atoms with E-state index in [4.69, 9.17) is 0 Å². The summed E-state index contributed by atoms with van der Waals surface area (Å²) in [6.45, 7) is 2.14. The molecular formula is C27H28FN3O2. The van der Waals surface area contributed by atoms with Crippen molar-refractivity contribution in [2.75, 3.05) is 19.6 Å². The van der Waals surface area contributed by atoms with Crippen LogP contribution in [0.4, 0.5) is 4.39 Å². The first-order chi connectivity index (χ1) is 16.1. The summed E-state index contributed by atoms with van der Waals surface area (Å²) < 4.78 is 13.4. The number of likely N-dealkylation sites (tertiary alicyclic amines) is 1. The molecule has 0 spiro atoms. The smallest absolute Gasteiger partial charge is 0.253 e. The minimum absolute atomic E-state index is 0.0695. The molecule has 1 atom stereocenters. The van der Waals surface area contributed by atoms with E-state index in [9.17, 15) is 14.0 Å². The molecule has 4 rings (SSSR count). The highest BCUT2D eigenvalue weighted by atomic mass is 19.1. The van der Waals surface area contributed by atoms with E-state index >= 15 is 0 Å². The lowest BCUT2D eigenvalue weighted by Crippen LogP contribution is -2.35. The van der Waals surface area contributed by atoms with Crippen LogP contribution in [-0.4, -0.2) is 36.3 Å². The molecule has 1 fully saturated rings. The number of nitrogens with zero attached hydrogens (tertiary/aromatic N) is 1. The standard InChI is InChI=1S/C27H28FN3O2/c28-24-14-12-22(13-15-24)26(21-6-2-1-3-7-21)30-19-25(32)29-18-20-8-10-23(11-9-20)27(33)31-16-4-5-17-31/h1-3,6-15,26,30H,4-5,16-19H2,(H,29,32). The molecule has 1 aliphatic heterocycles. The van der Waals surface area contributed by atoms with Crippen molar-refractivity contribution in [3.63, 3.8) is 0 Å². The lowest BCUT2D eigenvalue weighted by Gasteiger charge is -2.20. The molecule has 2 N–H and O–H groups in total. The van der Waals surface area contributed by atoms with Crippen molar-refractivity contribution in [3.05, 3.63) is 107 Å². The molecule has 0 aromatic heterocycles. The van der Waals surface area contributed by atoms with Crippen LogP contribution < -0.4 is 10.6 Å². The summed E-state index contributed by atoms with van der Waals surface area (Å²) in [6.07, 6.45) is 2.13. The molecule has 1 aliphatic rings. The average Bonchev–Trinajstić information content (AvgIpc) is 3.40. The van der Waals surface area contributed by atoms with Crippen LogP contribution in [0.25, 0.3) is 0 Å². The number of amides is 2. The first-order valence-corrected chi connectivity index (χ1v) is 11.3. The summed E-state index contributed by atoms with van der Waals surface area (Å²) in [6, 6.07) is 23.2. The second-order valence-electron chi connectivity index (χ2n) is 8.25. The Kier molecular flexibility index (Phi) is 7.47. The number of hydrogen-bond acceptors (Lipinski definition) is 3. The topological polar surface area (TPSA) is 61.4 Å². The summed E-state index contributed by atoms with van der Waals surface area (Å²) >= 11 is 0. The Morgan fingerprint density at radius 3 is 2.15 bits per heavy atom. The van der Waals surface area contributed by atoms with E-state index < -0.39 is 0 Å². The maximum atomic E-state index is 13.4. The number of hydrogen-bond donors (Lipinski definition) is 2. The van der Waals surface area contributed by atoms with Crippen LogP contribution in [0.1, 0.15) is 45.9 Å². The second-order valence-corrected chi connectivity index (χ2v) is 8.25. The fourth-order valence-electron chi connectivity index (χ4n) is 4.05. The molecule has 0 radical (unpaired) electrons. The van der Waals surface area contributed by atoms with E-state index in [0.29, 0.717) is 12.1 Å². The summed E-state index contributed by atoms with van der Waals surface area (Å²) in [7, 11) is 0. The third-order valence-electron chi connectivity index (χ3n) is 5.89. The Morgan fingerprint density at radius 2 is 1.48 bits per heavy atom. The highest BCUT2D eigenvalue weighted by molar-refractivity contribution is 5.94. The normalized spacial score (nSPS) is 14.2.